The first-order chi connectivity index (χ1) is 9.20. The molecule has 1 aliphatic rings. The molecule has 0 spiro atoms. The van der Waals surface area contributed by atoms with Gasteiger partial charge in [0.2, 0.25) is 0 Å². The van der Waals surface area contributed by atoms with Crippen LogP contribution in [0.5, 0.6) is 0 Å². The minimum absolute atomic E-state index is 0.00935. The quantitative estimate of drug-likeness (QED) is 0.855. The number of thiazole rings is 1. The van der Waals surface area contributed by atoms with E-state index in [0.29, 0.717) is 24.9 Å². The summed E-state index contributed by atoms with van der Waals surface area (Å²) in [5.74, 6) is 0.00935. The molecule has 19 heavy (non-hydrogen) atoms. The van der Waals surface area contributed by atoms with Crippen molar-refractivity contribution in [1.29, 1.82) is 0 Å². The van der Waals surface area contributed by atoms with Crippen LogP contribution in [0.2, 0.25) is 0 Å². The molecule has 0 aliphatic carbocycles. The fourth-order valence-corrected chi connectivity index (χ4v) is 2.87. The Morgan fingerprint density at radius 1 is 1.68 bits per heavy atom. The number of amides is 1. The number of ether oxygens (including phenoxy) is 1. The summed E-state index contributed by atoms with van der Waals surface area (Å²) >= 11 is 1.51. The average Bonchev–Trinajstić information content (AvgIpc) is 3.05. The fourth-order valence-electron chi connectivity index (χ4n) is 2.28. The minimum atomic E-state index is 0.00935. The number of rotatable bonds is 6. The van der Waals surface area contributed by atoms with E-state index in [2.05, 4.69) is 10.3 Å². The van der Waals surface area contributed by atoms with Gasteiger partial charge in [0, 0.05) is 31.6 Å². The number of nitrogens with zero attached hydrogens (tertiary/aromatic N) is 2. The third-order valence-electron chi connectivity index (χ3n) is 3.29. The lowest BCUT2D eigenvalue weighted by Gasteiger charge is -2.25. The van der Waals surface area contributed by atoms with Crippen molar-refractivity contribution >= 4 is 17.2 Å². The van der Waals surface area contributed by atoms with Gasteiger partial charge >= 0.3 is 0 Å². The van der Waals surface area contributed by atoms with E-state index in [1.165, 1.54) is 17.8 Å². The fraction of sp³-hybridized carbons (Fsp3) is 0.692. The Labute approximate surface area is 118 Å². The molecule has 1 aromatic heterocycles. The van der Waals surface area contributed by atoms with Crippen molar-refractivity contribution in [2.24, 2.45) is 0 Å². The van der Waals surface area contributed by atoms with Gasteiger partial charge in [-0.15, -0.1) is 11.3 Å². The van der Waals surface area contributed by atoms with Gasteiger partial charge in [-0.05, 0) is 26.3 Å². The van der Waals surface area contributed by atoms with Crippen LogP contribution in [0, 0.1) is 6.92 Å². The highest BCUT2D eigenvalue weighted by atomic mass is 32.1. The first-order valence-corrected chi connectivity index (χ1v) is 7.52. The van der Waals surface area contributed by atoms with Gasteiger partial charge in [-0.3, -0.25) is 4.79 Å². The number of carbonyl (C=O) groups is 1. The number of nitrogens with one attached hydrogen (secondary N) is 1. The second-order valence-corrected chi connectivity index (χ2v) is 5.85. The second kappa shape index (κ2) is 6.98. The first kappa shape index (κ1) is 14.4. The van der Waals surface area contributed by atoms with Crippen LogP contribution in [-0.4, -0.2) is 55.2 Å². The molecule has 106 valence electrons. The van der Waals surface area contributed by atoms with Gasteiger partial charge in [-0.2, -0.15) is 0 Å². The largest absolute Gasteiger partial charge is 0.383 e. The van der Waals surface area contributed by atoms with Crippen LogP contribution in [0.15, 0.2) is 5.38 Å². The van der Waals surface area contributed by atoms with E-state index in [9.17, 15) is 4.79 Å². The van der Waals surface area contributed by atoms with Gasteiger partial charge < -0.3 is 15.0 Å². The highest BCUT2D eigenvalue weighted by molar-refractivity contribution is 7.09. The highest BCUT2D eigenvalue weighted by Crippen LogP contribution is 2.13. The van der Waals surface area contributed by atoms with Crippen LogP contribution in [0.4, 0.5) is 0 Å². The van der Waals surface area contributed by atoms with Crippen molar-refractivity contribution < 1.29 is 9.53 Å². The topological polar surface area (TPSA) is 54.5 Å². The molecule has 1 unspecified atom stereocenters. The Hall–Kier alpha value is -0.980. The van der Waals surface area contributed by atoms with Crippen molar-refractivity contribution in [3.05, 3.63) is 16.1 Å². The van der Waals surface area contributed by atoms with Crippen molar-refractivity contribution in [2.75, 3.05) is 33.4 Å². The third-order valence-corrected chi connectivity index (χ3v) is 4.07. The van der Waals surface area contributed by atoms with E-state index in [-0.39, 0.29) is 5.91 Å². The van der Waals surface area contributed by atoms with Crippen molar-refractivity contribution in [3.63, 3.8) is 0 Å². The predicted octanol–water partition coefficient (Wildman–Crippen LogP) is 1.29. The van der Waals surface area contributed by atoms with E-state index in [4.69, 9.17) is 4.74 Å². The highest BCUT2D eigenvalue weighted by Gasteiger charge is 2.23. The first-order valence-electron chi connectivity index (χ1n) is 6.64. The monoisotopic (exact) mass is 283 g/mol. The summed E-state index contributed by atoms with van der Waals surface area (Å²) in [6.45, 7) is 4.87. The Bertz CT molecular complexity index is 416. The zero-order chi connectivity index (χ0) is 13.7. The summed E-state index contributed by atoms with van der Waals surface area (Å²) in [5, 5.41) is 6.18. The molecule has 1 aromatic rings. The van der Waals surface area contributed by atoms with Crippen LogP contribution in [-0.2, 0) is 4.74 Å². The molecular formula is C13H21N3O2S. The van der Waals surface area contributed by atoms with E-state index >= 15 is 0 Å². The molecule has 0 aromatic carbocycles. The zero-order valence-electron chi connectivity index (χ0n) is 11.5. The lowest BCUT2D eigenvalue weighted by molar-refractivity contribution is 0.0674. The minimum Gasteiger partial charge on any atom is -0.383 e. The Morgan fingerprint density at radius 3 is 3.11 bits per heavy atom. The maximum absolute atomic E-state index is 12.4. The molecule has 2 heterocycles. The summed E-state index contributed by atoms with van der Waals surface area (Å²) in [4.78, 5) is 18.6. The van der Waals surface area contributed by atoms with E-state index < -0.39 is 0 Å². The lowest BCUT2D eigenvalue weighted by atomic mass is 10.2. The molecule has 1 amide bonds. The maximum atomic E-state index is 12.4. The number of aryl methyl sites for hydroxylation is 1. The standard InChI is InChI=1S/C13H21N3O2S/c1-10-15-12(9-19-10)13(17)16(6-7-18-2)8-11-4-3-5-14-11/h9,11,14H,3-8H2,1-2H3. The molecule has 1 N–H and O–H groups in total. The molecule has 0 saturated carbocycles. The second-order valence-electron chi connectivity index (χ2n) is 4.79. The summed E-state index contributed by atoms with van der Waals surface area (Å²) < 4.78 is 5.10. The summed E-state index contributed by atoms with van der Waals surface area (Å²) in [6.07, 6.45) is 2.32. The van der Waals surface area contributed by atoms with Crippen LogP contribution >= 0.6 is 11.3 Å². The smallest absolute Gasteiger partial charge is 0.273 e. The molecule has 0 bridgehead atoms. The van der Waals surface area contributed by atoms with Crippen molar-refractivity contribution in [1.82, 2.24) is 15.2 Å². The Balaban J connectivity index is 2.00. The molecule has 6 heteroatoms. The predicted molar refractivity (Wildman–Crippen MR) is 75.7 cm³/mol. The molecule has 0 radical (unpaired) electrons. The van der Waals surface area contributed by atoms with Gasteiger partial charge in [-0.1, -0.05) is 0 Å². The number of hydrogen-bond donors (Lipinski definition) is 1. The van der Waals surface area contributed by atoms with Crippen LogP contribution in [0.1, 0.15) is 28.3 Å². The SMILES string of the molecule is COCCN(CC1CCCN1)C(=O)c1csc(C)n1. The Kier molecular flexibility index (Phi) is 5.30. The number of aromatic nitrogens is 1. The molecule has 5 nitrogen and oxygen atoms in total. The third kappa shape index (κ3) is 3.99. The molecule has 1 saturated heterocycles. The van der Waals surface area contributed by atoms with Crippen LogP contribution in [0.3, 0.4) is 0 Å². The molecule has 2 rings (SSSR count). The van der Waals surface area contributed by atoms with Gasteiger partial charge in [0.05, 0.1) is 11.6 Å². The zero-order valence-corrected chi connectivity index (χ0v) is 12.3. The van der Waals surface area contributed by atoms with E-state index in [1.807, 2.05) is 17.2 Å². The van der Waals surface area contributed by atoms with Gasteiger partial charge in [-0.25, -0.2) is 4.98 Å². The summed E-state index contributed by atoms with van der Waals surface area (Å²) in [5.41, 5.74) is 0.552. The van der Waals surface area contributed by atoms with Gasteiger partial charge in [0.25, 0.3) is 5.91 Å². The van der Waals surface area contributed by atoms with Crippen molar-refractivity contribution in [3.8, 4) is 0 Å². The number of methoxy groups -OCH3 is 1. The van der Waals surface area contributed by atoms with Crippen LogP contribution < -0.4 is 5.32 Å². The average molecular weight is 283 g/mol. The summed E-state index contributed by atoms with van der Waals surface area (Å²) in [7, 11) is 1.66. The van der Waals surface area contributed by atoms with Crippen LogP contribution in [0.25, 0.3) is 0 Å². The maximum Gasteiger partial charge on any atom is 0.273 e. The number of hydrogen-bond acceptors (Lipinski definition) is 5. The molecule has 1 aliphatic heterocycles. The van der Waals surface area contributed by atoms with Crippen molar-refractivity contribution in [2.45, 2.75) is 25.8 Å². The molecule has 1 fully saturated rings. The van der Waals surface area contributed by atoms with Gasteiger partial charge in [0.15, 0.2) is 0 Å². The lowest BCUT2D eigenvalue weighted by Crippen LogP contribution is -2.42. The van der Waals surface area contributed by atoms with E-state index in [0.717, 1.165) is 24.5 Å². The Morgan fingerprint density at radius 2 is 2.53 bits per heavy atom. The molecular weight excluding hydrogens is 262 g/mol. The molecule has 1 atom stereocenters. The summed E-state index contributed by atoms with van der Waals surface area (Å²) in [6, 6.07) is 0.403. The van der Waals surface area contributed by atoms with E-state index in [1.54, 1.807) is 7.11 Å². The van der Waals surface area contributed by atoms with Gasteiger partial charge in [0.1, 0.15) is 5.69 Å². The number of carbonyl (C=O) groups excluding carboxylic acids is 1. The normalized spacial score (nSPS) is 18.7.